The van der Waals surface area contributed by atoms with Gasteiger partial charge in [-0.15, -0.1) is 0 Å². The largest absolute Gasteiger partial charge is 0.480 e. The zero-order valence-corrected chi connectivity index (χ0v) is 10.9. The third kappa shape index (κ3) is 3.53. The molecule has 1 atom stereocenters. The fourth-order valence-electron chi connectivity index (χ4n) is 2.13. The number of aliphatic carboxylic acids is 1. The summed E-state index contributed by atoms with van der Waals surface area (Å²) < 4.78 is 13.8. The molecular formula is C14H20FNO2. The Balaban J connectivity index is 3.07. The number of hydrogen-bond acceptors (Lipinski definition) is 2. The SMILES string of the molecule is CCCN(CCC)C(C(=O)O)c1ccccc1F. The van der Waals surface area contributed by atoms with Gasteiger partial charge in [0.05, 0.1) is 0 Å². The average Bonchev–Trinajstić information content (AvgIpc) is 2.32. The van der Waals surface area contributed by atoms with Gasteiger partial charge in [0.25, 0.3) is 0 Å². The van der Waals surface area contributed by atoms with Crippen molar-refractivity contribution in [2.45, 2.75) is 32.7 Å². The van der Waals surface area contributed by atoms with Crippen LogP contribution in [0.15, 0.2) is 24.3 Å². The van der Waals surface area contributed by atoms with Gasteiger partial charge in [0, 0.05) is 5.56 Å². The van der Waals surface area contributed by atoms with Crippen molar-refractivity contribution in [3.05, 3.63) is 35.6 Å². The van der Waals surface area contributed by atoms with E-state index in [-0.39, 0.29) is 5.56 Å². The zero-order chi connectivity index (χ0) is 13.5. The first kappa shape index (κ1) is 14.6. The van der Waals surface area contributed by atoms with E-state index in [1.54, 1.807) is 18.2 Å². The summed E-state index contributed by atoms with van der Waals surface area (Å²) in [6.45, 7) is 5.28. The maximum atomic E-state index is 13.8. The second-order valence-electron chi connectivity index (χ2n) is 4.30. The van der Waals surface area contributed by atoms with E-state index in [4.69, 9.17) is 0 Å². The van der Waals surface area contributed by atoms with E-state index < -0.39 is 17.8 Å². The first-order valence-corrected chi connectivity index (χ1v) is 6.33. The van der Waals surface area contributed by atoms with Crippen molar-refractivity contribution < 1.29 is 14.3 Å². The maximum Gasteiger partial charge on any atom is 0.325 e. The van der Waals surface area contributed by atoms with Gasteiger partial charge in [-0.1, -0.05) is 32.0 Å². The van der Waals surface area contributed by atoms with Crippen molar-refractivity contribution in [3.8, 4) is 0 Å². The van der Waals surface area contributed by atoms with E-state index in [0.717, 1.165) is 12.8 Å². The summed E-state index contributed by atoms with van der Waals surface area (Å²) in [5.41, 5.74) is 0.243. The van der Waals surface area contributed by atoms with Crippen LogP contribution in [-0.2, 0) is 4.79 Å². The predicted molar refractivity (Wildman–Crippen MR) is 68.9 cm³/mol. The fourth-order valence-corrected chi connectivity index (χ4v) is 2.13. The lowest BCUT2D eigenvalue weighted by Gasteiger charge is -2.28. The Hall–Kier alpha value is -1.42. The van der Waals surface area contributed by atoms with E-state index >= 15 is 0 Å². The highest BCUT2D eigenvalue weighted by molar-refractivity contribution is 5.75. The number of nitrogens with zero attached hydrogens (tertiary/aromatic N) is 1. The second kappa shape index (κ2) is 7.11. The lowest BCUT2D eigenvalue weighted by atomic mass is 10.0. The number of halogens is 1. The molecule has 0 heterocycles. The van der Waals surface area contributed by atoms with Gasteiger partial charge >= 0.3 is 5.97 Å². The van der Waals surface area contributed by atoms with Gasteiger partial charge in [-0.2, -0.15) is 0 Å². The van der Waals surface area contributed by atoms with Crippen molar-refractivity contribution in [2.75, 3.05) is 13.1 Å². The summed E-state index contributed by atoms with van der Waals surface area (Å²) in [6.07, 6.45) is 1.69. The Morgan fingerprint density at radius 3 is 2.28 bits per heavy atom. The molecule has 0 radical (unpaired) electrons. The van der Waals surface area contributed by atoms with Crippen LogP contribution in [0.2, 0.25) is 0 Å². The maximum absolute atomic E-state index is 13.8. The molecule has 0 aliphatic heterocycles. The Morgan fingerprint density at radius 1 is 1.28 bits per heavy atom. The molecule has 1 N–H and O–H groups in total. The Bertz CT molecular complexity index is 389. The van der Waals surface area contributed by atoms with Crippen molar-refractivity contribution in [3.63, 3.8) is 0 Å². The van der Waals surface area contributed by atoms with Gasteiger partial charge in [0.15, 0.2) is 0 Å². The van der Waals surface area contributed by atoms with Crippen molar-refractivity contribution >= 4 is 5.97 Å². The van der Waals surface area contributed by atoms with E-state index in [1.165, 1.54) is 6.07 Å². The summed E-state index contributed by atoms with van der Waals surface area (Å²) in [4.78, 5) is 13.3. The molecule has 100 valence electrons. The van der Waals surface area contributed by atoms with Crippen molar-refractivity contribution in [1.29, 1.82) is 0 Å². The molecule has 0 bridgehead atoms. The average molecular weight is 253 g/mol. The summed E-state index contributed by atoms with van der Waals surface area (Å²) in [5.74, 6) is -1.45. The number of hydrogen-bond donors (Lipinski definition) is 1. The normalized spacial score (nSPS) is 12.7. The molecule has 1 rings (SSSR count). The van der Waals surface area contributed by atoms with Crippen LogP contribution in [0.1, 0.15) is 38.3 Å². The highest BCUT2D eigenvalue weighted by atomic mass is 19.1. The lowest BCUT2D eigenvalue weighted by Crippen LogP contribution is -2.35. The fraction of sp³-hybridized carbons (Fsp3) is 0.500. The summed E-state index contributed by atoms with van der Waals surface area (Å²) >= 11 is 0. The molecule has 0 aliphatic rings. The minimum atomic E-state index is -0.998. The van der Waals surface area contributed by atoms with E-state index in [0.29, 0.717) is 13.1 Å². The smallest absolute Gasteiger partial charge is 0.325 e. The molecule has 4 heteroatoms. The second-order valence-corrected chi connectivity index (χ2v) is 4.30. The molecule has 0 aliphatic carbocycles. The van der Waals surface area contributed by atoms with Crippen molar-refractivity contribution in [2.24, 2.45) is 0 Å². The monoisotopic (exact) mass is 253 g/mol. The lowest BCUT2D eigenvalue weighted by molar-refractivity contribution is -0.143. The van der Waals surface area contributed by atoms with Crippen molar-refractivity contribution in [1.82, 2.24) is 4.90 Å². The minimum Gasteiger partial charge on any atom is -0.480 e. The highest BCUT2D eigenvalue weighted by Crippen LogP contribution is 2.24. The summed E-state index contributed by atoms with van der Waals surface area (Å²) in [7, 11) is 0. The zero-order valence-electron chi connectivity index (χ0n) is 10.9. The number of carboxylic acids is 1. The Kier molecular flexibility index (Phi) is 5.78. The molecule has 0 saturated carbocycles. The molecule has 0 spiro atoms. The van der Waals surface area contributed by atoms with Gasteiger partial charge in [0.1, 0.15) is 11.9 Å². The predicted octanol–water partition coefficient (Wildman–Crippen LogP) is 3.07. The van der Waals surface area contributed by atoms with Crippen LogP contribution in [0.25, 0.3) is 0 Å². The number of rotatable bonds is 7. The molecule has 0 amide bonds. The first-order chi connectivity index (χ1) is 8.61. The topological polar surface area (TPSA) is 40.5 Å². The van der Waals surface area contributed by atoms with Gasteiger partial charge in [-0.05, 0) is 32.0 Å². The van der Waals surface area contributed by atoms with Crippen LogP contribution in [0, 0.1) is 5.82 Å². The number of carboxylic acid groups (broad SMARTS) is 1. The summed E-state index contributed by atoms with van der Waals surface area (Å²) in [5, 5.41) is 9.37. The van der Waals surface area contributed by atoms with Crippen LogP contribution in [0.5, 0.6) is 0 Å². The highest BCUT2D eigenvalue weighted by Gasteiger charge is 2.28. The minimum absolute atomic E-state index is 0.243. The quantitative estimate of drug-likeness (QED) is 0.811. The van der Waals surface area contributed by atoms with Gasteiger partial charge < -0.3 is 5.11 Å². The van der Waals surface area contributed by atoms with Crippen LogP contribution in [0.4, 0.5) is 4.39 Å². The third-order valence-electron chi connectivity index (χ3n) is 2.82. The summed E-state index contributed by atoms with van der Waals surface area (Å²) in [6, 6.07) is 5.20. The van der Waals surface area contributed by atoms with Gasteiger partial charge in [-0.3, -0.25) is 9.69 Å². The number of carbonyl (C=O) groups is 1. The van der Waals surface area contributed by atoms with Gasteiger partial charge in [0.2, 0.25) is 0 Å². The Labute approximate surface area is 107 Å². The van der Waals surface area contributed by atoms with E-state index in [9.17, 15) is 14.3 Å². The molecule has 3 nitrogen and oxygen atoms in total. The van der Waals surface area contributed by atoms with Gasteiger partial charge in [-0.25, -0.2) is 4.39 Å². The first-order valence-electron chi connectivity index (χ1n) is 6.33. The molecule has 0 aromatic heterocycles. The standard InChI is InChI=1S/C14H20FNO2/c1-3-9-16(10-4-2)13(14(17)18)11-7-5-6-8-12(11)15/h5-8,13H,3-4,9-10H2,1-2H3,(H,17,18). The van der Waals surface area contributed by atoms with E-state index in [2.05, 4.69) is 0 Å². The van der Waals surface area contributed by atoms with Crippen LogP contribution >= 0.6 is 0 Å². The van der Waals surface area contributed by atoms with Crippen LogP contribution in [0.3, 0.4) is 0 Å². The molecule has 1 aromatic rings. The molecule has 0 saturated heterocycles. The molecule has 0 fully saturated rings. The molecular weight excluding hydrogens is 233 g/mol. The van der Waals surface area contributed by atoms with Crippen LogP contribution in [-0.4, -0.2) is 29.1 Å². The molecule has 1 unspecified atom stereocenters. The number of benzene rings is 1. The molecule has 1 aromatic carbocycles. The molecule has 18 heavy (non-hydrogen) atoms. The third-order valence-corrected chi connectivity index (χ3v) is 2.82. The van der Waals surface area contributed by atoms with Crippen LogP contribution < -0.4 is 0 Å². The van der Waals surface area contributed by atoms with E-state index in [1.807, 2.05) is 18.7 Å². The Morgan fingerprint density at radius 2 is 1.83 bits per heavy atom.